The van der Waals surface area contributed by atoms with E-state index in [0.717, 1.165) is 17.7 Å². The molecular formula is C17H19NO. The topological polar surface area (TPSA) is 30.0 Å². The first kappa shape index (κ1) is 13.5. The predicted octanol–water partition coefficient (Wildman–Crippen LogP) is 3.31. The van der Waals surface area contributed by atoms with Crippen molar-refractivity contribution < 1.29 is 4.79 Å². The molecule has 0 saturated heterocycles. The van der Waals surface area contributed by atoms with E-state index < -0.39 is 0 Å². The van der Waals surface area contributed by atoms with Crippen LogP contribution in [0.3, 0.4) is 0 Å². The zero-order chi connectivity index (χ0) is 13.7. The molecule has 0 bridgehead atoms. The van der Waals surface area contributed by atoms with Crippen molar-refractivity contribution in [3.05, 3.63) is 65.0 Å². The number of aryl methyl sites for hydroxylation is 2. The Labute approximate surface area is 114 Å². The molecule has 2 aromatic rings. The van der Waals surface area contributed by atoms with Gasteiger partial charge in [0.1, 0.15) is 5.78 Å². The van der Waals surface area contributed by atoms with Gasteiger partial charge in [0.25, 0.3) is 0 Å². The fourth-order valence-corrected chi connectivity index (χ4v) is 2.08. The standard InChI is InChI=1S/C17H19NO/c1-3-14-7-8-16(18-12-14)11-17(19)10-15-6-4-5-13(2)9-15/h4-9,12H,3,10-11H2,1-2H3. The summed E-state index contributed by atoms with van der Waals surface area (Å²) in [6.07, 6.45) is 3.73. The van der Waals surface area contributed by atoms with Crippen LogP contribution in [0.15, 0.2) is 42.6 Å². The number of hydrogen-bond donors (Lipinski definition) is 0. The lowest BCUT2D eigenvalue weighted by atomic mass is 10.0. The number of pyridine rings is 1. The third-order valence-electron chi connectivity index (χ3n) is 3.16. The Balaban J connectivity index is 1.97. The molecule has 1 heterocycles. The van der Waals surface area contributed by atoms with Crippen molar-refractivity contribution in [1.29, 1.82) is 0 Å². The molecule has 0 radical (unpaired) electrons. The van der Waals surface area contributed by atoms with Crippen molar-refractivity contribution in [2.75, 3.05) is 0 Å². The number of benzene rings is 1. The molecule has 2 nitrogen and oxygen atoms in total. The van der Waals surface area contributed by atoms with Crippen LogP contribution >= 0.6 is 0 Å². The highest BCUT2D eigenvalue weighted by Crippen LogP contribution is 2.08. The minimum absolute atomic E-state index is 0.211. The SMILES string of the molecule is CCc1ccc(CC(=O)Cc2cccc(C)c2)nc1. The number of rotatable bonds is 5. The molecule has 2 heteroatoms. The van der Waals surface area contributed by atoms with E-state index in [0.29, 0.717) is 12.8 Å². The summed E-state index contributed by atoms with van der Waals surface area (Å²) >= 11 is 0. The molecule has 0 fully saturated rings. The van der Waals surface area contributed by atoms with E-state index in [2.05, 4.69) is 18.0 Å². The monoisotopic (exact) mass is 253 g/mol. The van der Waals surface area contributed by atoms with Gasteiger partial charge < -0.3 is 0 Å². The molecule has 0 saturated carbocycles. The van der Waals surface area contributed by atoms with Gasteiger partial charge in [-0.05, 0) is 30.5 Å². The fraction of sp³-hybridized carbons (Fsp3) is 0.294. The van der Waals surface area contributed by atoms with E-state index in [1.807, 2.05) is 43.5 Å². The first-order chi connectivity index (χ1) is 9.17. The number of carbonyl (C=O) groups is 1. The van der Waals surface area contributed by atoms with Crippen LogP contribution in [0.2, 0.25) is 0 Å². The van der Waals surface area contributed by atoms with Crippen LogP contribution in [0.1, 0.15) is 29.3 Å². The summed E-state index contributed by atoms with van der Waals surface area (Å²) in [6, 6.07) is 12.1. The van der Waals surface area contributed by atoms with E-state index in [4.69, 9.17) is 0 Å². The molecule has 0 aliphatic heterocycles. The lowest BCUT2D eigenvalue weighted by Crippen LogP contribution is -2.08. The third kappa shape index (κ3) is 4.02. The molecule has 0 N–H and O–H groups in total. The van der Waals surface area contributed by atoms with Crippen molar-refractivity contribution in [2.45, 2.75) is 33.1 Å². The van der Waals surface area contributed by atoms with Crippen LogP contribution in [-0.2, 0) is 24.1 Å². The lowest BCUT2D eigenvalue weighted by molar-refractivity contribution is -0.117. The van der Waals surface area contributed by atoms with Crippen LogP contribution in [0.4, 0.5) is 0 Å². The van der Waals surface area contributed by atoms with Crippen molar-refractivity contribution in [3.8, 4) is 0 Å². The summed E-state index contributed by atoms with van der Waals surface area (Å²) in [7, 11) is 0. The Hall–Kier alpha value is -1.96. The Kier molecular flexibility index (Phi) is 4.45. The van der Waals surface area contributed by atoms with Gasteiger partial charge in [0.2, 0.25) is 0 Å². The normalized spacial score (nSPS) is 10.4. The molecule has 1 aromatic carbocycles. The summed E-state index contributed by atoms with van der Waals surface area (Å²) in [4.78, 5) is 16.3. The van der Waals surface area contributed by atoms with Crippen LogP contribution in [-0.4, -0.2) is 10.8 Å². The smallest absolute Gasteiger partial charge is 0.143 e. The second kappa shape index (κ2) is 6.28. The zero-order valence-corrected chi connectivity index (χ0v) is 11.5. The van der Waals surface area contributed by atoms with Crippen molar-refractivity contribution >= 4 is 5.78 Å². The number of carbonyl (C=O) groups excluding carboxylic acids is 1. The van der Waals surface area contributed by atoms with Crippen molar-refractivity contribution in [2.24, 2.45) is 0 Å². The summed E-state index contributed by atoms with van der Waals surface area (Å²) in [5.41, 5.74) is 4.33. The lowest BCUT2D eigenvalue weighted by Gasteiger charge is -2.03. The molecule has 98 valence electrons. The molecule has 0 spiro atoms. The average Bonchev–Trinajstić information content (AvgIpc) is 2.39. The van der Waals surface area contributed by atoms with Gasteiger partial charge in [-0.2, -0.15) is 0 Å². The Morgan fingerprint density at radius 1 is 1.11 bits per heavy atom. The summed E-state index contributed by atoms with van der Waals surface area (Å²) in [5.74, 6) is 0.211. The molecule has 19 heavy (non-hydrogen) atoms. The third-order valence-corrected chi connectivity index (χ3v) is 3.16. The zero-order valence-electron chi connectivity index (χ0n) is 11.5. The number of nitrogens with zero attached hydrogens (tertiary/aromatic N) is 1. The number of aromatic nitrogens is 1. The van der Waals surface area contributed by atoms with Gasteiger partial charge in [-0.1, -0.05) is 42.8 Å². The van der Waals surface area contributed by atoms with E-state index in [9.17, 15) is 4.79 Å². The highest BCUT2D eigenvalue weighted by atomic mass is 16.1. The first-order valence-electron chi connectivity index (χ1n) is 6.68. The second-order valence-electron chi connectivity index (χ2n) is 4.89. The van der Waals surface area contributed by atoms with Gasteiger partial charge in [0, 0.05) is 24.7 Å². The van der Waals surface area contributed by atoms with Crippen LogP contribution in [0, 0.1) is 6.92 Å². The molecule has 2 rings (SSSR count). The quantitative estimate of drug-likeness (QED) is 0.818. The number of hydrogen-bond acceptors (Lipinski definition) is 2. The summed E-state index contributed by atoms with van der Waals surface area (Å²) in [6.45, 7) is 4.14. The summed E-state index contributed by atoms with van der Waals surface area (Å²) in [5, 5.41) is 0. The summed E-state index contributed by atoms with van der Waals surface area (Å²) < 4.78 is 0. The van der Waals surface area contributed by atoms with Crippen LogP contribution < -0.4 is 0 Å². The van der Waals surface area contributed by atoms with E-state index in [-0.39, 0.29) is 5.78 Å². The highest BCUT2D eigenvalue weighted by Gasteiger charge is 2.06. The van der Waals surface area contributed by atoms with Gasteiger partial charge >= 0.3 is 0 Å². The fourth-order valence-electron chi connectivity index (χ4n) is 2.08. The molecule has 0 atom stereocenters. The molecule has 0 amide bonds. The van der Waals surface area contributed by atoms with Gasteiger partial charge in [-0.15, -0.1) is 0 Å². The highest BCUT2D eigenvalue weighted by molar-refractivity contribution is 5.82. The largest absolute Gasteiger partial charge is 0.299 e. The van der Waals surface area contributed by atoms with E-state index >= 15 is 0 Å². The molecule has 1 aromatic heterocycles. The van der Waals surface area contributed by atoms with E-state index in [1.54, 1.807) is 0 Å². The molecule has 0 aliphatic carbocycles. The number of Topliss-reactive ketones (excluding diaryl/α,β-unsaturated/α-hetero) is 1. The maximum absolute atomic E-state index is 12.0. The minimum Gasteiger partial charge on any atom is -0.299 e. The predicted molar refractivity (Wildman–Crippen MR) is 77.2 cm³/mol. The molecule has 0 aliphatic rings. The van der Waals surface area contributed by atoms with Crippen molar-refractivity contribution in [1.82, 2.24) is 4.98 Å². The van der Waals surface area contributed by atoms with Gasteiger partial charge in [-0.3, -0.25) is 9.78 Å². The average molecular weight is 253 g/mol. The number of ketones is 1. The van der Waals surface area contributed by atoms with Gasteiger partial charge in [-0.25, -0.2) is 0 Å². The van der Waals surface area contributed by atoms with Gasteiger partial charge in [0.05, 0.1) is 0 Å². The van der Waals surface area contributed by atoms with Crippen LogP contribution in [0.25, 0.3) is 0 Å². The Morgan fingerprint density at radius 2 is 1.95 bits per heavy atom. The van der Waals surface area contributed by atoms with Gasteiger partial charge in [0.15, 0.2) is 0 Å². The molecule has 0 unspecified atom stereocenters. The first-order valence-corrected chi connectivity index (χ1v) is 6.68. The maximum atomic E-state index is 12.0. The minimum atomic E-state index is 0.211. The van der Waals surface area contributed by atoms with E-state index in [1.165, 1.54) is 11.1 Å². The Morgan fingerprint density at radius 3 is 2.58 bits per heavy atom. The second-order valence-corrected chi connectivity index (χ2v) is 4.89. The maximum Gasteiger partial charge on any atom is 0.143 e. The molecular weight excluding hydrogens is 234 g/mol. The van der Waals surface area contributed by atoms with Crippen molar-refractivity contribution in [3.63, 3.8) is 0 Å². The Bertz CT molecular complexity index is 558. The van der Waals surface area contributed by atoms with Crippen LogP contribution in [0.5, 0.6) is 0 Å².